The first kappa shape index (κ1) is 19.4. The lowest BCUT2D eigenvalue weighted by atomic mass is 10.1. The van der Waals surface area contributed by atoms with Gasteiger partial charge in [0.25, 0.3) is 0 Å². The molecule has 0 spiro atoms. The zero-order valence-corrected chi connectivity index (χ0v) is 16.5. The molecule has 1 aliphatic heterocycles. The maximum absolute atomic E-state index is 13.3. The van der Waals surface area contributed by atoms with Crippen molar-refractivity contribution < 1.29 is 18.7 Å². The van der Waals surface area contributed by atoms with E-state index in [-0.39, 0.29) is 24.3 Å². The normalized spacial score (nSPS) is 14.1. The van der Waals surface area contributed by atoms with Gasteiger partial charge in [0.2, 0.25) is 5.91 Å². The highest BCUT2D eigenvalue weighted by Gasteiger charge is 2.17. The van der Waals surface area contributed by atoms with Crippen molar-refractivity contribution in [2.24, 2.45) is 0 Å². The van der Waals surface area contributed by atoms with Gasteiger partial charge in [-0.1, -0.05) is 18.2 Å². The van der Waals surface area contributed by atoms with Gasteiger partial charge in [0.1, 0.15) is 5.82 Å². The molecule has 0 fully saturated rings. The largest absolute Gasteiger partial charge is 0.490 e. The SMILES string of the molecule is O=C(CNC(c1ccc(F)cc1)c1cccs1)Nc1ccc2c(c1)OCCCO2. The molecule has 1 unspecified atom stereocenters. The lowest BCUT2D eigenvalue weighted by molar-refractivity contribution is -0.115. The van der Waals surface area contributed by atoms with E-state index in [9.17, 15) is 9.18 Å². The number of rotatable bonds is 6. The monoisotopic (exact) mass is 412 g/mol. The van der Waals surface area contributed by atoms with Crippen molar-refractivity contribution in [1.82, 2.24) is 5.32 Å². The molecule has 5 nitrogen and oxygen atoms in total. The van der Waals surface area contributed by atoms with E-state index >= 15 is 0 Å². The van der Waals surface area contributed by atoms with E-state index in [0.717, 1.165) is 16.9 Å². The molecule has 0 saturated heterocycles. The zero-order valence-electron chi connectivity index (χ0n) is 15.7. The quantitative estimate of drug-likeness (QED) is 0.631. The van der Waals surface area contributed by atoms with Crippen molar-refractivity contribution in [3.63, 3.8) is 0 Å². The highest BCUT2D eigenvalue weighted by Crippen LogP contribution is 2.32. The highest BCUT2D eigenvalue weighted by molar-refractivity contribution is 7.10. The van der Waals surface area contributed by atoms with Crippen LogP contribution in [0.5, 0.6) is 11.5 Å². The van der Waals surface area contributed by atoms with E-state index in [1.54, 1.807) is 41.7 Å². The summed E-state index contributed by atoms with van der Waals surface area (Å²) in [6.45, 7) is 1.32. The van der Waals surface area contributed by atoms with Crippen LogP contribution < -0.4 is 20.1 Å². The summed E-state index contributed by atoms with van der Waals surface area (Å²) in [5.74, 6) is 0.859. The van der Waals surface area contributed by atoms with Gasteiger partial charge >= 0.3 is 0 Å². The van der Waals surface area contributed by atoms with Crippen LogP contribution in [0, 0.1) is 5.82 Å². The van der Waals surface area contributed by atoms with Gasteiger partial charge in [0.15, 0.2) is 11.5 Å². The molecule has 3 aromatic rings. The van der Waals surface area contributed by atoms with Crippen molar-refractivity contribution in [1.29, 1.82) is 0 Å². The van der Waals surface area contributed by atoms with Gasteiger partial charge in [0, 0.05) is 23.1 Å². The molecule has 0 radical (unpaired) electrons. The fourth-order valence-corrected chi connectivity index (χ4v) is 3.96. The van der Waals surface area contributed by atoms with Gasteiger partial charge in [-0.25, -0.2) is 4.39 Å². The summed E-state index contributed by atoms with van der Waals surface area (Å²) in [7, 11) is 0. The van der Waals surface area contributed by atoms with Crippen LogP contribution in [0.2, 0.25) is 0 Å². The average molecular weight is 412 g/mol. The van der Waals surface area contributed by atoms with Crippen LogP contribution >= 0.6 is 11.3 Å². The van der Waals surface area contributed by atoms with Crippen LogP contribution in [0.15, 0.2) is 60.0 Å². The number of carbonyl (C=O) groups excluding carboxylic acids is 1. The van der Waals surface area contributed by atoms with E-state index in [4.69, 9.17) is 9.47 Å². The summed E-state index contributed by atoms with van der Waals surface area (Å²) < 4.78 is 24.6. The highest BCUT2D eigenvalue weighted by atomic mass is 32.1. The third kappa shape index (κ3) is 4.93. The topological polar surface area (TPSA) is 59.6 Å². The molecule has 0 aliphatic carbocycles. The van der Waals surface area contributed by atoms with E-state index in [1.807, 2.05) is 17.5 Å². The predicted molar refractivity (Wildman–Crippen MR) is 111 cm³/mol. The fraction of sp³-hybridized carbons (Fsp3) is 0.227. The first-order valence-electron chi connectivity index (χ1n) is 9.41. The molecule has 4 rings (SSSR count). The Kier molecular flexibility index (Phi) is 6.07. The summed E-state index contributed by atoms with van der Waals surface area (Å²) in [5, 5.41) is 8.13. The Balaban J connectivity index is 1.42. The third-order valence-electron chi connectivity index (χ3n) is 4.53. The number of hydrogen-bond acceptors (Lipinski definition) is 5. The number of nitrogens with one attached hydrogen (secondary N) is 2. The molecular weight excluding hydrogens is 391 g/mol. The van der Waals surface area contributed by atoms with Crippen molar-refractivity contribution in [2.75, 3.05) is 25.1 Å². The van der Waals surface area contributed by atoms with Gasteiger partial charge in [-0.2, -0.15) is 0 Å². The minimum atomic E-state index is -0.286. The summed E-state index contributed by atoms with van der Waals surface area (Å²) >= 11 is 1.58. The maximum atomic E-state index is 13.3. The predicted octanol–water partition coefficient (Wildman–Crippen LogP) is 4.37. The Hall–Kier alpha value is -2.90. The molecule has 0 bridgehead atoms. The van der Waals surface area contributed by atoms with Crippen molar-refractivity contribution in [3.05, 3.63) is 76.2 Å². The Bertz CT molecular complexity index is 961. The standard InChI is InChI=1S/C22H21FN2O3S/c23-16-6-4-15(5-7-16)22(20-3-1-12-29-20)24-14-21(26)25-17-8-9-18-19(13-17)28-11-2-10-27-18/h1,3-9,12-13,22,24H,2,10-11,14H2,(H,25,26). The molecule has 7 heteroatoms. The number of anilines is 1. The van der Waals surface area contributed by atoms with Crippen molar-refractivity contribution in [2.45, 2.75) is 12.5 Å². The average Bonchev–Trinajstić information content (AvgIpc) is 3.15. The van der Waals surface area contributed by atoms with Crippen LogP contribution in [-0.2, 0) is 4.79 Å². The number of amides is 1. The molecule has 1 amide bonds. The van der Waals surface area contributed by atoms with E-state index in [2.05, 4.69) is 10.6 Å². The van der Waals surface area contributed by atoms with Crippen molar-refractivity contribution >= 4 is 22.9 Å². The lowest BCUT2D eigenvalue weighted by Crippen LogP contribution is -2.31. The van der Waals surface area contributed by atoms with Crippen LogP contribution in [0.25, 0.3) is 0 Å². The molecule has 2 aromatic carbocycles. The number of hydrogen-bond donors (Lipinski definition) is 2. The molecule has 150 valence electrons. The van der Waals surface area contributed by atoms with E-state index in [1.165, 1.54) is 12.1 Å². The smallest absolute Gasteiger partial charge is 0.238 e. The number of thiophene rings is 1. The van der Waals surface area contributed by atoms with E-state index in [0.29, 0.717) is 30.4 Å². The minimum absolute atomic E-state index is 0.106. The maximum Gasteiger partial charge on any atom is 0.238 e. The van der Waals surface area contributed by atoms with Crippen LogP contribution in [-0.4, -0.2) is 25.7 Å². The molecule has 1 aliphatic rings. The number of ether oxygens (including phenoxy) is 2. The molecular formula is C22H21FN2O3S. The fourth-order valence-electron chi connectivity index (χ4n) is 3.13. The zero-order chi connectivity index (χ0) is 20.1. The second kappa shape index (κ2) is 9.07. The summed E-state index contributed by atoms with van der Waals surface area (Å²) in [6.07, 6.45) is 0.827. The lowest BCUT2D eigenvalue weighted by Gasteiger charge is -2.18. The molecule has 1 atom stereocenters. The second-order valence-corrected chi connectivity index (χ2v) is 7.62. The van der Waals surface area contributed by atoms with Gasteiger partial charge in [-0.05, 0) is 41.3 Å². The first-order valence-corrected chi connectivity index (χ1v) is 10.3. The number of halogens is 1. The van der Waals surface area contributed by atoms with Crippen LogP contribution in [0.4, 0.5) is 10.1 Å². The molecule has 2 heterocycles. The van der Waals surface area contributed by atoms with Gasteiger partial charge in [-0.15, -0.1) is 11.3 Å². The van der Waals surface area contributed by atoms with Gasteiger partial charge < -0.3 is 14.8 Å². The number of carbonyl (C=O) groups is 1. The summed E-state index contributed by atoms with van der Waals surface area (Å²) in [6, 6.07) is 15.4. The molecule has 0 saturated carbocycles. The second-order valence-electron chi connectivity index (χ2n) is 6.64. The van der Waals surface area contributed by atoms with E-state index < -0.39 is 0 Å². The Morgan fingerprint density at radius 2 is 1.86 bits per heavy atom. The first-order chi connectivity index (χ1) is 14.2. The minimum Gasteiger partial charge on any atom is -0.490 e. The van der Waals surface area contributed by atoms with Crippen LogP contribution in [0.1, 0.15) is 22.9 Å². The van der Waals surface area contributed by atoms with Gasteiger partial charge in [0.05, 0.1) is 25.8 Å². The summed E-state index contributed by atoms with van der Waals surface area (Å²) in [5.41, 5.74) is 1.55. The molecule has 1 aromatic heterocycles. The Morgan fingerprint density at radius 3 is 2.62 bits per heavy atom. The molecule has 29 heavy (non-hydrogen) atoms. The summed E-state index contributed by atoms with van der Waals surface area (Å²) in [4.78, 5) is 13.6. The van der Waals surface area contributed by atoms with Crippen LogP contribution in [0.3, 0.4) is 0 Å². The Morgan fingerprint density at radius 1 is 1.07 bits per heavy atom. The van der Waals surface area contributed by atoms with Crippen molar-refractivity contribution in [3.8, 4) is 11.5 Å². The van der Waals surface area contributed by atoms with Gasteiger partial charge in [-0.3, -0.25) is 10.1 Å². The number of benzene rings is 2. The Labute approximate surface area is 172 Å². The molecule has 2 N–H and O–H groups in total. The number of fused-ring (bicyclic) bond motifs is 1. The third-order valence-corrected chi connectivity index (χ3v) is 5.47.